The van der Waals surface area contributed by atoms with E-state index in [-0.39, 0.29) is 34.5 Å². The van der Waals surface area contributed by atoms with Crippen molar-refractivity contribution in [2.75, 3.05) is 11.1 Å². The number of benzene rings is 1. The fraction of sp³-hybridized carbons (Fsp3) is 0.238. The molecule has 1 aromatic carbocycles. The highest BCUT2D eigenvalue weighted by molar-refractivity contribution is 6.09. The van der Waals surface area contributed by atoms with E-state index in [1.54, 1.807) is 6.92 Å². The average Bonchev–Trinajstić information content (AvgIpc) is 3.35. The van der Waals surface area contributed by atoms with Crippen LogP contribution in [0.4, 0.5) is 29.2 Å². The van der Waals surface area contributed by atoms with Crippen LogP contribution in [0.3, 0.4) is 0 Å². The first kappa shape index (κ1) is 21.7. The van der Waals surface area contributed by atoms with Crippen LogP contribution in [0.1, 0.15) is 30.2 Å². The minimum absolute atomic E-state index is 0.00874. The number of rotatable bonds is 4. The summed E-state index contributed by atoms with van der Waals surface area (Å²) in [5.41, 5.74) is 6.12. The maximum Gasteiger partial charge on any atom is 0.389 e. The normalized spacial score (nSPS) is 17.7. The van der Waals surface area contributed by atoms with Crippen molar-refractivity contribution in [2.45, 2.75) is 31.4 Å². The Hall–Kier alpha value is -4.16. The van der Waals surface area contributed by atoms with Gasteiger partial charge >= 0.3 is 6.18 Å². The molecule has 0 unspecified atom stereocenters. The van der Waals surface area contributed by atoms with Gasteiger partial charge in [-0.3, -0.25) is 4.79 Å². The van der Waals surface area contributed by atoms with Crippen molar-refractivity contribution in [1.82, 2.24) is 29.5 Å². The van der Waals surface area contributed by atoms with Gasteiger partial charge in [0.25, 0.3) is 0 Å². The van der Waals surface area contributed by atoms with Crippen molar-refractivity contribution in [1.29, 1.82) is 0 Å². The lowest BCUT2D eigenvalue weighted by atomic mass is 9.78. The molecule has 0 bridgehead atoms. The smallest absolute Gasteiger partial charge is 0.383 e. The van der Waals surface area contributed by atoms with Crippen molar-refractivity contribution < 1.29 is 22.4 Å². The van der Waals surface area contributed by atoms with Gasteiger partial charge in [-0.05, 0) is 24.6 Å². The van der Waals surface area contributed by atoms with Gasteiger partial charge in [0.15, 0.2) is 11.5 Å². The number of carbonyl (C=O) groups excluding carboxylic acids is 1. The van der Waals surface area contributed by atoms with Crippen LogP contribution in [0, 0.1) is 5.82 Å². The highest BCUT2D eigenvalue weighted by atomic mass is 19.4. The van der Waals surface area contributed by atoms with Crippen molar-refractivity contribution in [2.24, 2.45) is 0 Å². The Morgan fingerprint density at radius 2 is 1.88 bits per heavy atom. The van der Waals surface area contributed by atoms with Gasteiger partial charge in [0, 0.05) is 12.8 Å². The van der Waals surface area contributed by atoms with E-state index in [2.05, 4.69) is 30.4 Å². The minimum Gasteiger partial charge on any atom is -0.383 e. The second-order valence-electron chi connectivity index (χ2n) is 7.96. The Morgan fingerprint density at radius 1 is 1.15 bits per heavy atom. The molecule has 1 amide bonds. The summed E-state index contributed by atoms with van der Waals surface area (Å²) in [6.45, 7) is 1.62. The highest BCUT2D eigenvalue weighted by Crippen LogP contribution is 2.44. The van der Waals surface area contributed by atoms with E-state index in [0.717, 1.165) is 0 Å². The number of nitrogens with one attached hydrogen (secondary N) is 1. The van der Waals surface area contributed by atoms with Crippen LogP contribution in [-0.2, 0) is 16.6 Å². The van der Waals surface area contributed by atoms with E-state index < -0.39 is 36.2 Å². The van der Waals surface area contributed by atoms with Crippen LogP contribution in [0.5, 0.6) is 0 Å². The minimum atomic E-state index is -4.38. The molecule has 0 saturated carbocycles. The summed E-state index contributed by atoms with van der Waals surface area (Å²) >= 11 is 0. The number of nitrogens with zero attached hydrogens (tertiary/aromatic N) is 6. The summed E-state index contributed by atoms with van der Waals surface area (Å²) in [5, 5.41) is 6.65. The predicted octanol–water partition coefficient (Wildman–Crippen LogP) is 3.06. The molecule has 174 valence electrons. The Bertz CT molecular complexity index is 1430. The first-order valence-electron chi connectivity index (χ1n) is 10.1. The molecule has 3 aromatic heterocycles. The molecule has 5 rings (SSSR count). The number of hydrogen-bond acceptors (Lipinski definition) is 7. The molecule has 4 heterocycles. The number of nitrogen functional groups attached to an aromatic ring is 1. The summed E-state index contributed by atoms with van der Waals surface area (Å²) in [4.78, 5) is 29.8. The Balaban J connectivity index is 1.60. The van der Waals surface area contributed by atoms with Crippen LogP contribution in [0.15, 0.2) is 36.8 Å². The van der Waals surface area contributed by atoms with Gasteiger partial charge in [0.05, 0.1) is 17.5 Å². The number of nitrogens with two attached hydrogens (primary N) is 1. The van der Waals surface area contributed by atoms with Crippen LogP contribution >= 0.6 is 0 Å². The lowest BCUT2D eigenvalue weighted by Crippen LogP contribution is -2.33. The molecule has 0 aliphatic carbocycles. The molecule has 13 heteroatoms. The van der Waals surface area contributed by atoms with E-state index >= 15 is 0 Å². The number of aromatic nitrogens is 6. The summed E-state index contributed by atoms with van der Waals surface area (Å²) in [6, 6.07) is 5.42. The molecule has 0 spiro atoms. The Morgan fingerprint density at radius 3 is 2.59 bits per heavy atom. The largest absolute Gasteiger partial charge is 0.389 e. The summed E-state index contributed by atoms with van der Waals surface area (Å²) in [5.74, 6) is -0.788. The van der Waals surface area contributed by atoms with Gasteiger partial charge in [0.1, 0.15) is 34.9 Å². The molecule has 0 radical (unpaired) electrons. The third-order valence-corrected chi connectivity index (χ3v) is 5.75. The van der Waals surface area contributed by atoms with Crippen LogP contribution in [0.25, 0.3) is 17.2 Å². The lowest BCUT2D eigenvalue weighted by Gasteiger charge is -2.23. The Kier molecular flexibility index (Phi) is 4.74. The fourth-order valence-corrected chi connectivity index (χ4v) is 4.01. The zero-order valence-electron chi connectivity index (χ0n) is 17.6. The van der Waals surface area contributed by atoms with Gasteiger partial charge in [-0.25, -0.2) is 28.8 Å². The summed E-state index contributed by atoms with van der Waals surface area (Å²) in [7, 11) is 0. The number of aryl methyl sites for hydroxylation is 1. The van der Waals surface area contributed by atoms with Gasteiger partial charge in [-0.15, -0.1) is 0 Å². The summed E-state index contributed by atoms with van der Waals surface area (Å²) in [6.07, 6.45) is -3.27. The second-order valence-corrected chi connectivity index (χ2v) is 7.96. The van der Waals surface area contributed by atoms with Gasteiger partial charge < -0.3 is 11.1 Å². The SMILES string of the molecule is C[C@@]1(c2ccc(F)cc2)C(=O)Nc2nc(-c3cn4ncnc4c(CCC(F)(F)F)n3)nc(N)c21. The number of alkyl halides is 3. The van der Waals surface area contributed by atoms with E-state index in [9.17, 15) is 22.4 Å². The van der Waals surface area contributed by atoms with Crippen molar-refractivity contribution >= 4 is 23.2 Å². The van der Waals surface area contributed by atoms with Crippen molar-refractivity contribution in [3.63, 3.8) is 0 Å². The van der Waals surface area contributed by atoms with Crippen LogP contribution < -0.4 is 11.1 Å². The number of halogens is 4. The maximum absolute atomic E-state index is 13.4. The number of amides is 1. The number of hydrogen-bond donors (Lipinski definition) is 2. The molecule has 34 heavy (non-hydrogen) atoms. The second kappa shape index (κ2) is 7.43. The monoisotopic (exact) mass is 472 g/mol. The third-order valence-electron chi connectivity index (χ3n) is 5.75. The first-order valence-corrected chi connectivity index (χ1v) is 10.1. The molecule has 9 nitrogen and oxygen atoms in total. The average molecular weight is 472 g/mol. The quantitative estimate of drug-likeness (QED) is 0.438. The number of anilines is 2. The van der Waals surface area contributed by atoms with Gasteiger partial charge in [-0.1, -0.05) is 12.1 Å². The zero-order chi connectivity index (χ0) is 24.3. The van der Waals surface area contributed by atoms with Crippen molar-refractivity contribution in [3.8, 4) is 11.5 Å². The zero-order valence-corrected chi connectivity index (χ0v) is 17.6. The lowest BCUT2D eigenvalue weighted by molar-refractivity contribution is -0.134. The standard InChI is InChI=1S/C21H16F4N8O/c1-20(10-2-4-11(22)5-3-10)14-15(26)30-16(31-17(14)32-19(20)34)13-8-33-18(27-9-28-33)12(29-13)6-7-21(23,24)25/h2-5,8-9H,6-7H2,1H3,(H3,26,30,31,32,34)/t20-/m0/s1. The molecule has 1 aliphatic rings. The topological polar surface area (TPSA) is 124 Å². The molecule has 0 saturated heterocycles. The third kappa shape index (κ3) is 3.49. The molecule has 1 aliphatic heterocycles. The van der Waals surface area contributed by atoms with Gasteiger partial charge in [-0.2, -0.15) is 18.3 Å². The van der Waals surface area contributed by atoms with Gasteiger partial charge in [0.2, 0.25) is 5.91 Å². The number of fused-ring (bicyclic) bond motifs is 2. The molecule has 3 N–H and O–H groups in total. The van der Waals surface area contributed by atoms with Crippen LogP contribution in [-0.4, -0.2) is 41.6 Å². The molecular weight excluding hydrogens is 456 g/mol. The molecule has 4 aromatic rings. The molecular formula is C21H16F4N8O. The van der Waals surface area contributed by atoms with E-state index in [4.69, 9.17) is 5.73 Å². The summed E-state index contributed by atoms with van der Waals surface area (Å²) < 4.78 is 53.1. The fourth-order valence-electron chi connectivity index (χ4n) is 4.01. The van der Waals surface area contributed by atoms with Crippen LogP contribution in [0.2, 0.25) is 0 Å². The molecule has 1 atom stereocenters. The predicted molar refractivity (Wildman–Crippen MR) is 112 cm³/mol. The highest BCUT2D eigenvalue weighted by Gasteiger charge is 2.47. The van der Waals surface area contributed by atoms with Crippen molar-refractivity contribution in [3.05, 3.63) is 59.4 Å². The Labute approximate surface area is 189 Å². The number of carbonyl (C=O) groups is 1. The maximum atomic E-state index is 13.4. The van der Waals surface area contributed by atoms with E-state index in [1.807, 2.05) is 0 Å². The first-order chi connectivity index (χ1) is 16.1. The van der Waals surface area contributed by atoms with E-state index in [1.165, 1.54) is 41.3 Å². The molecule has 0 fully saturated rings. The van der Waals surface area contributed by atoms with E-state index in [0.29, 0.717) is 11.1 Å².